The lowest BCUT2D eigenvalue weighted by atomic mass is 10.0. The monoisotopic (exact) mass is 284 g/mol. The molecule has 1 heterocycles. The third-order valence-corrected chi connectivity index (χ3v) is 3.20. The molecule has 0 bridgehead atoms. The van der Waals surface area contributed by atoms with Crippen molar-refractivity contribution in [3.63, 3.8) is 0 Å². The summed E-state index contributed by atoms with van der Waals surface area (Å²) in [6.07, 6.45) is 2.95. The van der Waals surface area contributed by atoms with Crippen LogP contribution in [0.1, 0.15) is 37.8 Å². The van der Waals surface area contributed by atoms with E-state index in [-0.39, 0.29) is 11.5 Å². The molecule has 0 spiro atoms. The lowest BCUT2D eigenvalue weighted by Crippen LogP contribution is -1.98. The van der Waals surface area contributed by atoms with E-state index in [4.69, 9.17) is 4.42 Å². The summed E-state index contributed by atoms with van der Waals surface area (Å²) < 4.78 is 9.80. The quantitative estimate of drug-likeness (QED) is 0.489. The SMILES string of the molecule is COC(=O)c1ccc(C=CC(=O)c2ccc(C)c(C)c2)o1. The predicted octanol–water partition coefficient (Wildman–Crippen LogP) is 3.58. The van der Waals surface area contributed by atoms with Crippen molar-refractivity contribution in [1.82, 2.24) is 0 Å². The van der Waals surface area contributed by atoms with Crippen LogP contribution in [-0.4, -0.2) is 18.9 Å². The smallest absolute Gasteiger partial charge is 0.373 e. The van der Waals surface area contributed by atoms with Gasteiger partial charge < -0.3 is 9.15 Å². The first-order valence-corrected chi connectivity index (χ1v) is 6.49. The largest absolute Gasteiger partial charge is 0.463 e. The van der Waals surface area contributed by atoms with Gasteiger partial charge in [0, 0.05) is 5.56 Å². The van der Waals surface area contributed by atoms with Gasteiger partial charge in [-0.05, 0) is 55.3 Å². The number of aryl methyl sites for hydroxylation is 2. The summed E-state index contributed by atoms with van der Waals surface area (Å²) in [6.45, 7) is 3.96. The Morgan fingerprint density at radius 3 is 2.52 bits per heavy atom. The second kappa shape index (κ2) is 6.22. The first-order valence-electron chi connectivity index (χ1n) is 6.49. The molecule has 0 radical (unpaired) electrons. The Kier molecular flexibility index (Phi) is 4.38. The van der Waals surface area contributed by atoms with E-state index >= 15 is 0 Å². The minimum atomic E-state index is -0.546. The fourth-order valence-corrected chi connectivity index (χ4v) is 1.80. The standard InChI is InChI=1S/C17H16O4/c1-11-4-5-13(10-12(11)2)15(18)8-6-14-7-9-16(21-14)17(19)20-3/h4-10H,1-3H3. The third kappa shape index (κ3) is 3.48. The van der Waals surface area contributed by atoms with E-state index in [1.807, 2.05) is 26.0 Å². The van der Waals surface area contributed by atoms with E-state index in [1.54, 1.807) is 12.1 Å². The van der Waals surface area contributed by atoms with Crippen molar-refractivity contribution >= 4 is 17.8 Å². The number of esters is 1. The van der Waals surface area contributed by atoms with Crippen molar-refractivity contribution in [3.05, 3.63) is 64.6 Å². The molecule has 21 heavy (non-hydrogen) atoms. The number of ether oxygens (including phenoxy) is 1. The van der Waals surface area contributed by atoms with Crippen LogP contribution in [0.25, 0.3) is 6.08 Å². The van der Waals surface area contributed by atoms with Gasteiger partial charge in [-0.25, -0.2) is 4.79 Å². The van der Waals surface area contributed by atoms with Gasteiger partial charge in [-0.15, -0.1) is 0 Å². The zero-order valence-corrected chi connectivity index (χ0v) is 12.2. The van der Waals surface area contributed by atoms with Gasteiger partial charge in [0.05, 0.1) is 7.11 Å². The van der Waals surface area contributed by atoms with Crippen LogP contribution >= 0.6 is 0 Å². The Morgan fingerprint density at radius 2 is 1.86 bits per heavy atom. The first kappa shape index (κ1) is 14.8. The van der Waals surface area contributed by atoms with Gasteiger partial charge in [0.1, 0.15) is 5.76 Å². The number of furan rings is 1. The molecule has 4 heteroatoms. The summed E-state index contributed by atoms with van der Waals surface area (Å²) in [4.78, 5) is 23.3. The molecule has 0 N–H and O–H groups in total. The summed E-state index contributed by atoms with van der Waals surface area (Å²) in [7, 11) is 1.28. The minimum absolute atomic E-state index is 0.107. The molecule has 0 saturated heterocycles. The minimum Gasteiger partial charge on any atom is -0.463 e. The summed E-state index contributed by atoms with van der Waals surface area (Å²) in [5.74, 6) is -0.132. The average molecular weight is 284 g/mol. The number of methoxy groups -OCH3 is 1. The Balaban J connectivity index is 2.13. The van der Waals surface area contributed by atoms with Crippen LogP contribution in [0.3, 0.4) is 0 Å². The molecule has 0 unspecified atom stereocenters. The van der Waals surface area contributed by atoms with Crippen LogP contribution in [0.15, 0.2) is 40.8 Å². The van der Waals surface area contributed by atoms with Gasteiger partial charge in [0.15, 0.2) is 5.78 Å². The Bertz CT molecular complexity index is 707. The fourth-order valence-electron chi connectivity index (χ4n) is 1.80. The highest BCUT2D eigenvalue weighted by molar-refractivity contribution is 6.06. The van der Waals surface area contributed by atoms with Gasteiger partial charge in [-0.3, -0.25) is 4.79 Å². The van der Waals surface area contributed by atoms with Crippen molar-refractivity contribution in [2.45, 2.75) is 13.8 Å². The van der Waals surface area contributed by atoms with Gasteiger partial charge >= 0.3 is 5.97 Å². The Morgan fingerprint density at radius 1 is 1.10 bits per heavy atom. The Hall–Kier alpha value is -2.62. The van der Waals surface area contributed by atoms with Crippen LogP contribution in [0.5, 0.6) is 0 Å². The molecular formula is C17H16O4. The molecule has 108 valence electrons. The van der Waals surface area contributed by atoms with E-state index in [1.165, 1.54) is 25.3 Å². The van der Waals surface area contributed by atoms with Crippen molar-refractivity contribution in [3.8, 4) is 0 Å². The maximum Gasteiger partial charge on any atom is 0.373 e. The van der Waals surface area contributed by atoms with Crippen LogP contribution in [0.2, 0.25) is 0 Å². The molecule has 0 amide bonds. The maximum atomic E-state index is 12.1. The number of hydrogen-bond donors (Lipinski definition) is 0. The second-order valence-electron chi connectivity index (χ2n) is 4.69. The fraction of sp³-hybridized carbons (Fsp3) is 0.176. The molecular weight excluding hydrogens is 268 g/mol. The van der Waals surface area contributed by atoms with Crippen LogP contribution in [-0.2, 0) is 4.74 Å². The van der Waals surface area contributed by atoms with E-state index in [9.17, 15) is 9.59 Å². The van der Waals surface area contributed by atoms with Gasteiger partial charge in [-0.1, -0.05) is 12.1 Å². The zero-order valence-electron chi connectivity index (χ0n) is 12.2. The molecule has 0 aliphatic rings. The van der Waals surface area contributed by atoms with Crippen molar-refractivity contribution < 1.29 is 18.7 Å². The van der Waals surface area contributed by atoms with Gasteiger partial charge in [0.25, 0.3) is 0 Å². The first-order chi connectivity index (χ1) is 10.0. The number of carbonyl (C=O) groups is 2. The molecule has 2 rings (SSSR count). The number of hydrogen-bond acceptors (Lipinski definition) is 4. The van der Waals surface area contributed by atoms with Crippen molar-refractivity contribution in [2.24, 2.45) is 0 Å². The lowest BCUT2D eigenvalue weighted by molar-refractivity contribution is 0.0564. The number of carbonyl (C=O) groups excluding carboxylic acids is 2. The molecule has 0 atom stereocenters. The zero-order chi connectivity index (χ0) is 15.4. The highest BCUT2D eigenvalue weighted by Gasteiger charge is 2.10. The molecule has 2 aromatic rings. The average Bonchev–Trinajstić information content (AvgIpc) is 2.95. The Labute approximate surface area is 123 Å². The summed E-state index contributed by atoms with van der Waals surface area (Å²) in [5, 5.41) is 0. The molecule has 0 fully saturated rings. The van der Waals surface area contributed by atoms with E-state index < -0.39 is 5.97 Å². The normalized spacial score (nSPS) is 10.8. The summed E-state index contributed by atoms with van der Waals surface area (Å²) in [5.41, 5.74) is 2.83. The van der Waals surface area contributed by atoms with E-state index in [0.717, 1.165) is 11.1 Å². The van der Waals surface area contributed by atoms with E-state index in [2.05, 4.69) is 4.74 Å². The van der Waals surface area contributed by atoms with Crippen LogP contribution < -0.4 is 0 Å². The highest BCUT2D eigenvalue weighted by Crippen LogP contribution is 2.13. The third-order valence-electron chi connectivity index (χ3n) is 3.20. The number of rotatable bonds is 4. The van der Waals surface area contributed by atoms with Gasteiger partial charge in [-0.2, -0.15) is 0 Å². The summed E-state index contributed by atoms with van der Waals surface area (Å²) in [6, 6.07) is 8.67. The van der Waals surface area contributed by atoms with Crippen LogP contribution in [0, 0.1) is 13.8 Å². The van der Waals surface area contributed by atoms with E-state index in [0.29, 0.717) is 11.3 Å². The second-order valence-corrected chi connectivity index (χ2v) is 4.69. The molecule has 4 nitrogen and oxygen atoms in total. The molecule has 0 aliphatic carbocycles. The van der Waals surface area contributed by atoms with Crippen LogP contribution in [0.4, 0.5) is 0 Å². The molecule has 0 saturated carbocycles. The molecule has 1 aromatic carbocycles. The maximum absolute atomic E-state index is 12.1. The molecule has 1 aromatic heterocycles. The molecule has 0 aliphatic heterocycles. The predicted molar refractivity (Wildman–Crippen MR) is 79.3 cm³/mol. The topological polar surface area (TPSA) is 56.5 Å². The number of ketones is 1. The van der Waals surface area contributed by atoms with Crippen molar-refractivity contribution in [2.75, 3.05) is 7.11 Å². The van der Waals surface area contributed by atoms with Crippen molar-refractivity contribution in [1.29, 1.82) is 0 Å². The number of allylic oxidation sites excluding steroid dienone is 1. The van der Waals surface area contributed by atoms with Gasteiger partial charge in [0.2, 0.25) is 5.76 Å². The highest BCUT2D eigenvalue weighted by atomic mass is 16.5. The number of benzene rings is 1. The summed E-state index contributed by atoms with van der Waals surface area (Å²) >= 11 is 0. The lowest BCUT2D eigenvalue weighted by Gasteiger charge is -2.01.